The van der Waals surface area contributed by atoms with Crippen LogP contribution in [0, 0.1) is 18.7 Å². The fourth-order valence-electron chi connectivity index (χ4n) is 5.78. The standard InChI is InChI=1S/C34H36FN7O3/c1-21-9-10-27(39-33(43)25-15-26(35)17-28(16-25)41-11-13-45-14-12-41)18-30(21)40-32-31-22(2)29(19-42(31)37-20-36-32)34(44)38-23(3)24-7-5-4-6-8-24/h4-10,15-18,20,23,29H,11-14,19H2,1-3H3,(H,38,44)(H,39,43)(H,36,37,40)/t23-,29?/m1/s1. The normalized spacial score (nSPS) is 18.3. The second-order valence-corrected chi connectivity index (χ2v) is 11.4. The molecule has 1 fully saturated rings. The number of halogens is 1. The lowest BCUT2D eigenvalue weighted by molar-refractivity contribution is -0.124. The van der Waals surface area contributed by atoms with Gasteiger partial charge in [-0.2, -0.15) is 5.10 Å². The molecule has 2 amide bonds. The number of carbonyl (C=O) groups excluding carboxylic acids is 2. The number of carbonyl (C=O) groups is 2. The van der Waals surface area contributed by atoms with Gasteiger partial charge in [0, 0.05) is 35.7 Å². The number of amides is 2. The van der Waals surface area contributed by atoms with Gasteiger partial charge in [0.25, 0.3) is 5.91 Å². The zero-order valence-corrected chi connectivity index (χ0v) is 25.5. The highest BCUT2D eigenvalue weighted by atomic mass is 19.1. The van der Waals surface area contributed by atoms with E-state index in [0.29, 0.717) is 50.1 Å². The molecule has 3 heterocycles. The van der Waals surface area contributed by atoms with E-state index in [2.05, 4.69) is 26.0 Å². The van der Waals surface area contributed by atoms with Crippen molar-refractivity contribution in [1.82, 2.24) is 10.3 Å². The van der Waals surface area contributed by atoms with Crippen molar-refractivity contribution in [3.8, 4) is 0 Å². The minimum absolute atomic E-state index is 0.0738. The molecular weight excluding hydrogens is 573 g/mol. The van der Waals surface area contributed by atoms with E-state index < -0.39 is 17.6 Å². The Bertz CT molecular complexity index is 1700. The van der Waals surface area contributed by atoms with Crippen molar-refractivity contribution in [2.45, 2.75) is 26.8 Å². The van der Waals surface area contributed by atoms with E-state index in [9.17, 15) is 14.0 Å². The van der Waals surface area contributed by atoms with Crippen molar-refractivity contribution in [2.75, 3.05) is 48.4 Å². The monoisotopic (exact) mass is 609 g/mol. The van der Waals surface area contributed by atoms with Gasteiger partial charge in [0.2, 0.25) is 5.91 Å². The molecule has 6 rings (SSSR count). The first-order chi connectivity index (χ1) is 21.8. The summed E-state index contributed by atoms with van der Waals surface area (Å²) >= 11 is 0. The van der Waals surface area contributed by atoms with Crippen molar-refractivity contribution < 1.29 is 18.7 Å². The summed E-state index contributed by atoms with van der Waals surface area (Å²) in [6, 6.07) is 19.6. The third kappa shape index (κ3) is 6.58. The van der Waals surface area contributed by atoms with E-state index in [1.54, 1.807) is 17.1 Å². The molecule has 3 N–H and O–H groups in total. The Hall–Kier alpha value is -5.03. The number of aliphatic imine (C=N–C) groups is 1. The van der Waals surface area contributed by atoms with Gasteiger partial charge in [0.05, 0.1) is 31.7 Å². The number of hydrogen-bond donors (Lipinski definition) is 3. The van der Waals surface area contributed by atoms with E-state index in [0.717, 1.165) is 28.1 Å². The first-order valence-electron chi connectivity index (χ1n) is 15.0. The van der Waals surface area contributed by atoms with Crippen LogP contribution in [-0.4, -0.2) is 61.8 Å². The fourth-order valence-corrected chi connectivity index (χ4v) is 5.78. The average Bonchev–Trinajstić information content (AvgIpc) is 3.40. The van der Waals surface area contributed by atoms with Crippen LogP contribution in [0.3, 0.4) is 0 Å². The first-order valence-corrected chi connectivity index (χ1v) is 15.0. The lowest BCUT2D eigenvalue weighted by atomic mass is 10.00. The third-order valence-electron chi connectivity index (χ3n) is 8.36. The lowest BCUT2D eigenvalue weighted by Crippen LogP contribution is -2.36. The topological polar surface area (TPSA) is 111 Å². The Morgan fingerprint density at radius 2 is 1.80 bits per heavy atom. The predicted molar refractivity (Wildman–Crippen MR) is 174 cm³/mol. The van der Waals surface area contributed by atoms with E-state index in [1.807, 2.05) is 68.1 Å². The highest BCUT2D eigenvalue weighted by molar-refractivity contribution is 6.13. The number of nitrogens with one attached hydrogen (secondary N) is 3. The number of nitrogens with zero attached hydrogens (tertiary/aromatic N) is 4. The summed E-state index contributed by atoms with van der Waals surface area (Å²) in [7, 11) is 0. The Kier molecular flexibility index (Phi) is 8.61. The number of benzene rings is 3. The molecule has 11 heteroatoms. The molecule has 10 nitrogen and oxygen atoms in total. The number of hydrogen-bond acceptors (Lipinski definition) is 8. The summed E-state index contributed by atoms with van der Waals surface area (Å²) in [5, 5.41) is 15.6. The fraction of sp³-hybridized carbons (Fsp3) is 0.294. The van der Waals surface area contributed by atoms with Crippen LogP contribution in [0.25, 0.3) is 0 Å². The Morgan fingerprint density at radius 1 is 1.02 bits per heavy atom. The minimum Gasteiger partial charge on any atom is -0.378 e. The molecule has 3 aromatic carbocycles. The van der Waals surface area contributed by atoms with Crippen LogP contribution < -0.4 is 20.9 Å². The number of aryl methyl sites for hydroxylation is 1. The highest BCUT2D eigenvalue weighted by Gasteiger charge is 2.37. The largest absolute Gasteiger partial charge is 0.378 e. The summed E-state index contributed by atoms with van der Waals surface area (Å²) in [6.07, 6.45) is 1.46. The number of anilines is 3. The molecule has 0 aromatic heterocycles. The van der Waals surface area contributed by atoms with Crippen molar-refractivity contribution in [3.05, 3.63) is 101 Å². The number of morpholine rings is 1. The summed E-state index contributed by atoms with van der Waals surface area (Å²) < 4.78 is 19.9. The maximum Gasteiger partial charge on any atom is 0.255 e. The predicted octanol–water partition coefficient (Wildman–Crippen LogP) is 5.07. The van der Waals surface area contributed by atoms with E-state index in [1.165, 1.54) is 18.5 Å². The third-order valence-corrected chi connectivity index (χ3v) is 8.36. The number of ether oxygens (including phenoxy) is 1. The second kappa shape index (κ2) is 12.9. The first kappa shape index (κ1) is 30.0. The smallest absolute Gasteiger partial charge is 0.255 e. The quantitative estimate of drug-likeness (QED) is 0.345. The lowest BCUT2D eigenvalue weighted by Gasteiger charge is -2.29. The van der Waals surface area contributed by atoms with Crippen LogP contribution in [-0.2, 0) is 9.53 Å². The molecule has 0 bridgehead atoms. The highest BCUT2D eigenvalue weighted by Crippen LogP contribution is 2.33. The van der Waals surface area contributed by atoms with Crippen LogP contribution in [0.1, 0.15) is 41.4 Å². The van der Waals surface area contributed by atoms with Crippen LogP contribution >= 0.6 is 0 Å². The molecule has 0 saturated carbocycles. The zero-order valence-electron chi connectivity index (χ0n) is 25.5. The molecule has 1 saturated heterocycles. The van der Waals surface area contributed by atoms with Crippen molar-refractivity contribution >= 4 is 41.1 Å². The van der Waals surface area contributed by atoms with E-state index in [-0.39, 0.29) is 17.5 Å². The van der Waals surface area contributed by atoms with Gasteiger partial charge in [-0.25, -0.2) is 9.38 Å². The molecule has 3 aliphatic heterocycles. The molecule has 2 atom stereocenters. The summed E-state index contributed by atoms with van der Waals surface area (Å²) in [6.45, 7) is 8.64. The van der Waals surface area contributed by atoms with Crippen LogP contribution in [0.15, 0.2) is 88.1 Å². The summed E-state index contributed by atoms with van der Waals surface area (Å²) in [5.41, 5.74) is 5.70. The Balaban J connectivity index is 1.17. The molecule has 45 heavy (non-hydrogen) atoms. The van der Waals surface area contributed by atoms with Crippen molar-refractivity contribution in [3.63, 3.8) is 0 Å². The molecule has 0 spiro atoms. The van der Waals surface area contributed by atoms with Gasteiger partial charge < -0.3 is 25.6 Å². The number of hydrazone groups is 1. The maximum atomic E-state index is 14.5. The van der Waals surface area contributed by atoms with Crippen LogP contribution in [0.4, 0.5) is 21.5 Å². The van der Waals surface area contributed by atoms with E-state index >= 15 is 0 Å². The average molecular weight is 610 g/mol. The SMILES string of the molecule is CC1=C2C(Nc3cc(NC(=O)c4cc(F)cc(N5CCOCC5)c4)ccc3C)=NC=NN2CC1C(=O)N[C@H](C)c1ccccc1. The molecule has 0 aliphatic carbocycles. The van der Waals surface area contributed by atoms with Crippen LogP contribution in [0.5, 0.6) is 0 Å². The van der Waals surface area contributed by atoms with Gasteiger partial charge in [-0.05, 0) is 67.8 Å². The molecule has 232 valence electrons. The molecule has 1 unspecified atom stereocenters. The summed E-state index contributed by atoms with van der Waals surface area (Å²) in [4.78, 5) is 33.1. The Labute approximate surface area is 261 Å². The number of rotatable bonds is 7. The number of amidine groups is 1. The maximum absolute atomic E-state index is 14.5. The zero-order chi connectivity index (χ0) is 31.5. The van der Waals surface area contributed by atoms with Gasteiger partial charge in [0.15, 0.2) is 5.84 Å². The second-order valence-electron chi connectivity index (χ2n) is 11.4. The Morgan fingerprint density at radius 3 is 2.58 bits per heavy atom. The van der Waals surface area contributed by atoms with Gasteiger partial charge in [-0.1, -0.05) is 36.4 Å². The van der Waals surface area contributed by atoms with Gasteiger partial charge >= 0.3 is 0 Å². The van der Waals surface area contributed by atoms with Crippen molar-refractivity contribution in [2.24, 2.45) is 16.0 Å². The van der Waals surface area contributed by atoms with Crippen molar-refractivity contribution in [1.29, 1.82) is 0 Å². The van der Waals surface area contributed by atoms with Gasteiger partial charge in [0.1, 0.15) is 17.9 Å². The molecule has 3 aromatic rings. The van der Waals surface area contributed by atoms with E-state index in [4.69, 9.17) is 4.74 Å². The molecular formula is C34H36FN7O3. The van der Waals surface area contributed by atoms with Gasteiger partial charge in [-0.15, -0.1) is 0 Å². The molecule has 3 aliphatic rings. The van der Waals surface area contributed by atoms with Gasteiger partial charge in [-0.3, -0.25) is 14.6 Å². The molecule has 0 radical (unpaired) electrons. The summed E-state index contributed by atoms with van der Waals surface area (Å²) in [5.74, 6) is -0.802. The van der Waals surface area contributed by atoms with Crippen LogP contribution in [0.2, 0.25) is 0 Å². The number of fused-ring (bicyclic) bond motifs is 1. The minimum atomic E-state index is -0.473.